The Kier molecular flexibility index (Phi) is 1.73. The van der Waals surface area contributed by atoms with Crippen molar-refractivity contribution in [3.05, 3.63) is 22.2 Å². The number of nitro groups is 1. The Balaban J connectivity index is 2.40. The molecule has 68 valence electrons. The number of ether oxygens (including phenoxy) is 1. The van der Waals surface area contributed by atoms with Crippen LogP contribution < -0.4 is 10.1 Å². The fraction of sp³-hybridized carbons (Fsp3) is 0.286. The van der Waals surface area contributed by atoms with Gasteiger partial charge < -0.3 is 20.2 Å². The molecular formula is C7H7N3O3. The third kappa shape index (κ3) is 1.37. The second kappa shape index (κ2) is 2.89. The van der Waals surface area contributed by atoms with Crippen LogP contribution in [-0.2, 0) is 0 Å². The van der Waals surface area contributed by atoms with Gasteiger partial charge in [-0.1, -0.05) is 0 Å². The number of pyridine rings is 1. The van der Waals surface area contributed by atoms with E-state index in [1.165, 1.54) is 6.07 Å². The van der Waals surface area contributed by atoms with Gasteiger partial charge in [0.25, 0.3) is 5.82 Å². The van der Waals surface area contributed by atoms with Crippen molar-refractivity contribution in [3.63, 3.8) is 0 Å². The van der Waals surface area contributed by atoms with E-state index in [2.05, 4.69) is 10.3 Å². The Morgan fingerprint density at radius 2 is 2.46 bits per heavy atom. The molecule has 1 aromatic heterocycles. The van der Waals surface area contributed by atoms with Crippen molar-refractivity contribution in [2.45, 2.75) is 0 Å². The highest BCUT2D eigenvalue weighted by Gasteiger charge is 2.18. The first kappa shape index (κ1) is 7.78. The molecule has 1 N–H and O–H groups in total. The average Bonchev–Trinajstić information content (AvgIpc) is 2.17. The second-order valence-electron chi connectivity index (χ2n) is 2.55. The van der Waals surface area contributed by atoms with E-state index in [-0.39, 0.29) is 5.82 Å². The maximum atomic E-state index is 10.4. The van der Waals surface area contributed by atoms with Crippen LogP contribution in [0.5, 0.6) is 5.75 Å². The van der Waals surface area contributed by atoms with E-state index in [9.17, 15) is 10.1 Å². The molecule has 6 nitrogen and oxygen atoms in total. The van der Waals surface area contributed by atoms with Crippen LogP contribution in [0.4, 0.5) is 11.6 Å². The van der Waals surface area contributed by atoms with Gasteiger partial charge in [-0.3, -0.25) is 0 Å². The molecule has 0 unspecified atom stereocenters. The van der Waals surface area contributed by atoms with Gasteiger partial charge >= 0.3 is 5.82 Å². The van der Waals surface area contributed by atoms with Crippen molar-refractivity contribution in [1.82, 2.24) is 4.98 Å². The summed E-state index contributed by atoms with van der Waals surface area (Å²) in [6.45, 7) is 1.19. The van der Waals surface area contributed by atoms with E-state index >= 15 is 0 Å². The molecule has 0 aliphatic carbocycles. The minimum atomic E-state index is -0.531. The summed E-state index contributed by atoms with van der Waals surface area (Å²) in [5.74, 6) is 0.842. The fourth-order valence-corrected chi connectivity index (χ4v) is 1.11. The van der Waals surface area contributed by atoms with Gasteiger partial charge in [0, 0.05) is 6.07 Å². The van der Waals surface area contributed by atoms with Crippen molar-refractivity contribution in [1.29, 1.82) is 0 Å². The molecule has 13 heavy (non-hydrogen) atoms. The lowest BCUT2D eigenvalue weighted by Gasteiger charge is -2.14. The molecular weight excluding hydrogens is 174 g/mol. The number of anilines is 1. The first-order valence-electron chi connectivity index (χ1n) is 3.79. The Bertz CT molecular complexity index is 353. The molecule has 6 heteroatoms. The highest BCUT2D eigenvalue weighted by molar-refractivity contribution is 5.54. The average molecular weight is 181 g/mol. The largest absolute Gasteiger partial charge is 0.486 e. The minimum Gasteiger partial charge on any atom is -0.486 e. The van der Waals surface area contributed by atoms with Gasteiger partial charge in [-0.2, -0.15) is 0 Å². The van der Waals surface area contributed by atoms with Gasteiger partial charge in [-0.15, -0.1) is 0 Å². The zero-order valence-corrected chi connectivity index (χ0v) is 6.69. The number of hydrogen-bond donors (Lipinski definition) is 1. The van der Waals surface area contributed by atoms with E-state index < -0.39 is 4.92 Å². The summed E-state index contributed by atoms with van der Waals surface area (Å²) in [4.78, 5) is 13.6. The quantitative estimate of drug-likeness (QED) is 0.512. The molecule has 0 saturated carbocycles. The molecule has 0 bridgehead atoms. The molecule has 0 fully saturated rings. The number of aromatic nitrogens is 1. The van der Waals surface area contributed by atoms with Gasteiger partial charge in [0.05, 0.1) is 6.54 Å². The zero-order chi connectivity index (χ0) is 9.26. The summed E-state index contributed by atoms with van der Waals surface area (Å²) in [7, 11) is 0. The summed E-state index contributed by atoms with van der Waals surface area (Å²) in [5, 5.41) is 13.3. The molecule has 0 atom stereocenters. The zero-order valence-electron chi connectivity index (χ0n) is 6.69. The summed E-state index contributed by atoms with van der Waals surface area (Å²) >= 11 is 0. The normalized spacial score (nSPS) is 13.8. The van der Waals surface area contributed by atoms with Crippen LogP contribution in [0, 0.1) is 10.1 Å². The number of fused-ring (bicyclic) bond motifs is 1. The van der Waals surface area contributed by atoms with Gasteiger partial charge in [0.2, 0.25) is 0 Å². The number of nitrogens with zero attached hydrogens (tertiary/aromatic N) is 2. The minimum absolute atomic E-state index is 0.170. The Morgan fingerprint density at radius 1 is 1.62 bits per heavy atom. The smallest absolute Gasteiger partial charge is 0.366 e. The van der Waals surface area contributed by atoms with E-state index in [0.717, 1.165) is 0 Å². The van der Waals surface area contributed by atoms with Gasteiger partial charge in [-0.05, 0) is 16.0 Å². The third-order valence-electron chi connectivity index (χ3n) is 1.68. The van der Waals surface area contributed by atoms with Crippen molar-refractivity contribution in [3.8, 4) is 5.75 Å². The molecule has 0 aromatic carbocycles. The van der Waals surface area contributed by atoms with Crippen LogP contribution in [0.2, 0.25) is 0 Å². The van der Waals surface area contributed by atoms with E-state index in [1.54, 1.807) is 6.07 Å². The van der Waals surface area contributed by atoms with Crippen LogP contribution in [0.3, 0.4) is 0 Å². The second-order valence-corrected chi connectivity index (χ2v) is 2.55. The lowest BCUT2D eigenvalue weighted by Crippen LogP contribution is -2.19. The first-order chi connectivity index (χ1) is 6.27. The van der Waals surface area contributed by atoms with Gasteiger partial charge in [0.15, 0.2) is 5.75 Å². The highest BCUT2D eigenvalue weighted by atomic mass is 16.6. The van der Waals surface area contributed by atoms with Crippen LogP contribution in [0.15, 0.2) is 12.1 Å². The number of nitrogens with one attached hydrogen (secondary N) is 1. The summed E-state index contributed by atoms with van der Waals surface area (Å²) in [6.07, 6.45) is 0. The van der Waals surface area contributed by atoms with Crippen molar-refractivity contribution < 1.29 is 9.66 Å². The third-order valence-corrected chi connectivity index (χ3v) is 1.68. The highest BCUT2D eigenvalue weighted by Crippen LogP contribution is 2.26. The molecule has 1 aliphatic rings. The summed E-state index contributed by atoms with van der Waals surface area (Å²) < 4.78 is 5.21. The Hall–Kier alpha value is -1.85. The standard InChI is InChI=1S/C7H7N3O3/c11-10(12)6-2-1-5-7(9-6)8-3-4-13-5/h1-2H,3-4H2,(H,8,9). The van der Waals surface area contributed by atoms with Crippen LogP contribution in [0.1, 0.15) is 0 Å². The van der Waals surface area contributed by atoms with Crippen LogP contribution >= 0.6 is 0 Å². The Labute approximate surface area is 73.7 Å². The predicted molar refractivity (Wildman–Crippen MR) is 44.9 cm³/mol. The lowest BCUT2D eigenvalue weighted by molar-refractivity contribution is -0.389. The van der Waals surface area contributed by atoms with Gasteiger partial charge in [-0.25, -0.2) is 0 Å². The lowest BCUT2D eigenvalue weighted by atomic mass is 10.3. The molecule has 1 aromatic rings. The van der Waals surface area contributed by atoms with E-state index in [4.69, 9.17) is 4.74 Å². The predicted octanol–water partition coefficient (Wildman–Crippen LogP) is 0.794. The molecule has 0 saturated heterocycles. The molecule has 0 radical (unpaired) electrons. The Morgan fingerprint density at radius 3 is 3.23 bits per heavy atom. The maximum Gasteiger partial charge on any atom is 0.366 e. The summed E-state index contributed by atoms with van der Waals surface area (Å²) in [6, 6.07) is 2.87. The van der Waals surface area contributed by atoms with Crippen molar-refractivity contribution in [2.24, 2.45) is 0 Å². The number of hydrogen-bond acceptors (Lipinski definition) is 5. The molecule has 1 aliphatic heterocycles. The van der Waals surface area contributed by atoms with Crippen molar-refractivity contribution in [2.75, 3.05) is 18.5 Å². The van der Waals surface area contributed by atoms with Crippen molar-refractivity contribution >= 4 is 11.6 Å². The topological polar surface area (TPSA) is 77.3 Å². The number of rotatable bonds is 1. The van der Waals surface area contributed by atoms with Gasteiger partial charge in [0.1, 0.15) is 6.61 Å². The van der Waals surface area contributed by atoms with Crippen LogP contribution in [0.25, 0.3) is 0 Å². The molecule has 0 amide bonds. The molecule has 2 rings (SSSR count). The molecule has 0 spiro atoms. The monoisotopic (exact) mass is 181 g/mol. The fourth-order valence-electron chi connectivity index (χ4n) is 1.11. The first-order valence-corrected chi connectivity index (χ1v) is 3.79. The van der Waals surface area contributed by atoms with E-state index in [0.29, 0.717) is 24.7 Å². The maximum absolute atomic E-state index is 10.4. The van der Waals surface area contributed by atoms with E-state index in [1.807, 2.05) is 0 Å². The summed E-state index contributed by atoms with van der Waals surface area (Å²) in [5.41, 5.74) is 0. The molecule has 2 heterocycles. The van der Waals surface area contributed by atoms with Crippen LogP contribution in [-0.4, -0.2) is 23.1 Å². The SMILES string of the molecule is O=[N+]([O-])c1ccc2c(n1)NCCO2.